The van der Waals surface area contributed by atoms with E-state index in [9.17, 15) is 9.59 Å². The van der Waals surface area contributed by atoms with Crippen molar-refractivity contribution < 1.29 is 19.1 Å². The van der Waals surface area contributed by atoms with Crippen molar-refractivity contribution in [2.45, 2.75) is 0 Å². The van der Waals surface area contributed by atoms with Crippen LogP contribution in [0.4, 0.5) is 5.82 Å². The van der Waals surface area contributed by atoms with Gasteiger partial charge in [-0.15, -0.1) is 0 Å². The van der Waals surface area contributed by atoms with E-state index in [0.717, 1.165) is 10.9 Å². The third-order valence-corrected chi connectivity index (χ3v) is 6.03. The maximum absolute atomic E-state index is 13.9. The number of nitrogens with one attached hydrogen (secondary N) is 2. The van der Waals surface area contributed by atoms with Crippen molar-refractivity contribution in [2.24, 2.45) is 0 Å². The lowest BCUT2D eigenvalue weighted by Crippen LogP contribution is -2.06. The number of fused-ring (bicyclic) bond motifs is 1. The summed E-state index contributed by atoms with van der Waals surface area (Å²) >= 11 is 0. The van der Waals surface area contributed by atoms with E-state index in [1.54, 1.807) is 55.8 Å². The molecule has 0 bridgehead atoms. The molecule has 0 saturated heterocycles. The maximum Gasteiger partial charge on any atom is 0.209 e. The van der Waals surface area contributed by atoms with E-state index in [1.807, 2.05) is 30.3 Å². The third kappa shape index (κ3) is 3.73. The van der Waals surface area contributed by atoms with Gasteiger partial charge in [0, 0.05) is 33.8 Å². The van der Waals surface area contributed by atoms with Crippen molar-refractivity contribution in [3.8, 4) is 22.6 Å². The molecule has 0 spiro atoms. The van der Waals surface area contributed by atoms with E-state index in [0.29, 0.717) is 33.8 Å². The highest BCUT2D eigenvalue weighted by atomic mass is 16.5. The van der Waals surface area contributed by atoms with Crippen LogP contribution in [0.15, 0.2) is 79.0 Å². The monoisotopic (exact) mass is 465 g/mol. The van der Waals surface area contributed by atoms with Crippen molar-refractivity contribution in [1.29, 1.82) is 0 Å². The Kier molecular flexibility index (Phi) is 5.58. The summed E-state index contributed by atoms with van der Waals surface area (Å²) in [4.78, 5) is 33.6. The van der Waals surface area contributed by atoms with E-state index in [2.05, 4.69) is 9.97 Å². The van der Waals surface area contributed by atoms with Gasteiger partial charge in [0.05, 0.1) is 25.5 Å². The van der Waals surface area contributed by atoms with Gasteiger partial charge in [-0.3, -0.25) is 9.59 Å². The Morgan fingerprint density at radius 1 is 0.829 bits per heavy atom. The fourth-order valence-corrected chi connectivity index (χ4v) is 4.33. The molecule has 7 heteroatoms. The molecule has 2 aromatic heterocycles. The predicted octanol–water partition coefficient (Wildman–Crippen LogP) is 5.22. The molecular formula is C28H23N3O4. The molecule has 174 valence electrons. The number of nitrogen functional groups attached to an aromatic ring is 1. The number of nitrogens with two attached hydrogens (primary N) is 1. The molecule has 5 aromatic rings. The average molecular weight is 466 g/mol. The smallest absolute Gasteiger partial charge is 0.209 e. The SMILES string of the molecule is COc1ccc(-c2c(C(=O)c3ccccc3)[nH]c(N)c2C(=O)c2c[nH]c3ccccc23)cc1OC. The minimum atomic E-state index is -0.298. The van der Waals surface area contributed by atoms with Crippen LogP contribution in [-0.4, -0.2) is 35.8 Å². The lowest BCUT2D eigenvalue weighted by atomic mass is 9.92. The van der Waals surface area contributed by atoms with Crippen LogP contribution in [0.2, 0.25) is 0 Å². The molecular weight excluding hydrogens is 442 g/mol. The molecule has 0 saturated carbocycles. The number of H-pyrrole nitrogens is 2. The molecule has 2 heterocycles. The molecule has 0 atom stereocenters. The molecule has 0 radical (unpaired) electrons. The number of hydrogen-bond acceptors (Lipinski definition) is 5. The number of methoxy groups -OCH3 is 2. The first-order chi connectivity index (χ1) is 17.0. The molecule has 35 heavy (non-hydrogen) atoms. The Balaban J connectivity index is 1.75. The summed E-state index contributed by atoms with van der Waals surface area (Å²) in [6.07, 6.45) is 1.66. The van der Waals surface area contributed by atoms with Gasteiger partial charge in [-0.25, -0.2) is 0 Å². The van der Waals surface area contributed by atoms with Gasteiger partial charge < -0.3 is 25.2 Å². The largest absolute Gasteiger partial charge is 0.493 e. The second-order valence-corrected chi connectivity index (χ2v) is 8.01. The zero-order valence-corrected chi connectivity index (χ0v) is 19.2. The predicted molar refractivity (Wildman–Crippen MR) is 135 cm³/mol. The molecule has 0 aliphatic rings. The first-order valence-corrected chi connectivity index (χ1v) is 11.0. The Morgan fingerprint density at radius 3 is 2.29 bits per heavy atom. The summed E-state index contributed by atoms with van der Waals surface area (Å²) in [5.74, 6) is 0.533. The van der Waals surface area contributed by atoms with Gasteiger partial charge >= 0.3 is 0 Å². The molecule has 0 amide bonds. The van der Waals surface area contributed by atoms with Crippen LogP contribution in [-0.2, 0) is 0 Å². The van der Waals surface area contributed by atoms with Crippen molar-refractivity contribution in [3.63, 3.8) is 0 Å². The first-order valence-electron chi connectivity index (χ1n) is 11.0. The standard InChI is InChI=1S/C28H23N3O4/c1-34-21-13-12-17(14-22(21)35-2)23-24(27(33)19-15-30-20-11-7-6-10-18(19)20)28(29)31-25(23)26(32)16-8-4-3-5-9-16/h3-15,30-31H,29H2,1-2H3. The number of ketones is 2. The number of carbonyl (C=O) groups excluding carboxylic acids is 2. The number of benzene rings is 3. The lowest BCUT2D eigenvalue weighted by Gasteiger charge is -2.12. The fourth-order valence-electron chi connectivity index (χ4n) is 4.33. The Bertz CT molecular complexity index is 1560. The van der Waals surface area contributed by atoms with E-state index in [-0.39, 0.29) is 28.6 Å². The molecule has 3 aromatic carbocycles. The maximum atomic E-state index is 13.9. The van der Waals surface area contributed by atoms with Crippen LogP contribution in [0, 0.1) is 0 Å². The van der Waals surface area contributed by atoms with Crippen molar-refractivity contribution >= 4 is 28.3 Å². The highest BCUT2D eigenvalue weighted by molar-refractivity contribution is 6.24. The molecule has 5 rings (SSSR count). The Morgan fingerprint density at radius 2 is 1.54 bits per heavy atom. The average Bonchev–Trinajstić information content (AvgIpc) is 3.49. The van der Waals surface area contributed by atoms with Gasteiger partial charge in [0.1, 0.15) is 5.82 Å². The van der Waals surface area contributed by atoms with E-state index in [4.69, 9.17) is 15.2 Å². The summed E-state index contributed by atoms with van der Waals surface area (Å²) < 4.78 is 10.8. The van der Waals surface area contributed by atoms with Crippen LogP contribution in [0.1, 0.15) is 32.0 Å². The van der Waals surface area contributed by atoms with Gasteiger partial charge in [0.25, 0.3) is 0 Å². The Hall–Kier alpha value is -4.78. The number of para-hydroxylation sites is 1. The summed E-state index contributed by atoms with van der Waals surface area (Å²) in [5.41, 5.74) is 9.60. The van der Waals surface area contributed by atoms with Crippen LogP contribution >= 0.6 is 0 Å². The number of carbonyl (C=O) groups is 2. The number of rotatable bonds is 7. The minimum Gasteiger partial charge on any atom is -0.493 e. The lowest BCUT2D eigenvalue weighted by molar-refractivity contribution is 0.103. The van der Waals surface area contributed by atoms with Crippen LogP contribution in [0.5, 0.6) is 11.5 Å². The third-order valence-electron chi connectivity index (χ3n) is 6.03. The zero-order valence-electron chi connectivity index (χ0n) is 19.2. The second-order valence-electron chi connectivity index (χ2n) is 8.01. The molecule has 0 fully saturated rings. The second kappa shape index (κ2) is 8.87. The number of aromatic amines is 2. The number of aromatic nitrogens is 2. The highest BCUT2D eigenvalue weighted by Crippen LogP contribution is 2.39. The molecule has 4 N–H and O–H groups in total. The highest BCUT2D eigenvalue weighted by Gasteiger charge is 2.29. The van der Waals surface area contributed by atoms with Crippen molar-refractivity contribution in [3.05, 3.63) is 101 Å². The number of anilines is 1. The zero-order chi connectivity index (χ0) is 24.5. The van der Waals surface area contributed by atoms with Gasteiger partial charge in [0.15, 0.2) is 17.3 Å². The van der Waals surface area contributed by atoms with Gasteiger partial charge in [-0.2, -0.15) is 0 Å². The van der Waals surface area contributed by atoms with Crippen LogP contribution in [0.25, 0.3) is 22.0 Å². The quantitative estimate of drug-likeness (QED) is 0.285. The molecule has 0 unspecified atom stereocenters. The van der Waals surface area contributed by atoms with Gasteiger partial charge in [-0.05, 0) is 23.8 Å². The normalized spacial score (nSPS) is 10.9. The van der Waals surface area contributed by atoms with E-state index < -0.39 is 0 Å². The van der Waals surface area contributed by atoms with Crippen LogP contribution < -0.4 is 15.2 Å². The van der Waals surface area contributed by atoms with E-state index in [1.165, 1.54) is 7.11 Å². The Labute approximate surface area is 201 Å². The van der Waals surface area contributed by atoms with Gasteiger partial charge in [-0.1, -0.05) is 54.6 Å². The van der Waals surface area contributed by atoms with Crippen LogP contribution in [0.3, 0.4) is 0 Å². The molecule has 7 nitrogen and oxygen atoms in total. The van der Waals surface area contributed by atoms with Crippen molar-refractivity contribution in [2.75, 3.05) is 20.0 Å². The van der Waals surface area contributed by atoms with Crippen molar-refractivity contribution in [1.82, 2.24) is 9.97 Å². The first kappa shape index (κ1) is 22.0. The summed E-state index contributed by atoms with van der Waals surface area (Å²) in [6, 6.07) is 21.6. The fraction of sp³-hybridized carbons (Fsp3) is 0.0714. The molecule has 0 aliphatic heterocycles. The molecule has 0 aliphatic carbocycles. The topological polar surface area (TPSA) is 110 Å². The minimum absolute atomic E-state index is 0.115. The summed E-state index contributed by atoms with van der Waals surface area (Å²) in [7, 11) is 3.07. The summed E-state index contributed by atoms with van der Waals surface area (Å²) in [5, 5.41) is 0.771. The summed E-state index contributed by atoms with van der Waals surface area (Å²) in [6.45, 7) is 0. The van der Waals surface area contributed by atoms with E-state index >= 15 is 0 Å². The number of ether oxygens (including phenoxy) is 2. The van der Waals surface area contributed by atoms with Gasteiger partial charge in [0.2, 0.25) is 5.78 Å². The number of hydrogen-bond donors (Lipinski definition) is 3.